The Morgan fingerprint density at radius 1 is 1.28 bits per heavy atom. The minimum Gasteiger partial charge on any atom is -0.484 e. The van der Waals surface area contributed by atoms with Crippen LogP contribution < -0.4 is 10.1 Å². The standard InChI is InChI=1S/C16H13FN2O4S2/c1-25(21,22)12-5-6-13-14(8-12)24-16(18-13)19-15(20)9-23-11-4-2-3-10(17)7-11/h2-8H,9H2,1H3,(H,18,19,20). The lowest BCUT2D eigenvalue weighted by Crippen LogP contribution is -2.20. The van der Waals surface area contributed by atoms with Gasteiger partial charge in [-0.2, -0.15) is 0 Å². The lowest BCUT2D eigenvalue weighted by Gasteiger charge is -2.05. The maximum atomic E-state index is 13.0. The summed E-state index contributed by atoms with van der Waals surface area (Å²) in [6.07, 6.45) is 1.13. The third-order valence-electron chi connectivity index (χ3n) is 3.20. The van der Waals surface area contributed by atoms with Crippen LogP contribution in [-0.4, -0.2) is 32.2 Å². The number of carbonyl (C=O) groups excluding carboxylic acids is 1. The number of ether oxygens (including phenoxy) is 1. The topological polar surface area (TPSA) is 85.4 Å². The Morgan fingerprint density at radius 2 is 2.08 bits per heavy atom. The molecule has 0 aliphatic rings. The van der Waals surface area contributed by atoms with Gasteiger partial charge in [0.15, 0.2) is 21.6 Å². The maximum Gasteiger partial charge on any atom is 0.264 e. The summed E-state index contributed by atoms with van der Waals surface area (Å²) in [5.41, 5.74) is 0.582. The summed E-state index contributed by atoms with van der Waals surface area (Å²) < 4.78 is 42.0. The molecule has 0 unspecified atom stereocenters. The molecular formula is C16H13FN2O4S2. The highest BCUT2D eigenvalue weighted by molar-refractivity contribution is 7.90. The van der Waals surface area contributed by atoms with Gasteiger partial charge in [-0.05, 0) is 30.3 Å². The fraction of sp³-hybridized carbons (Fsp3) is 0.125. The van der Waals surface area contributed by atoms with E-state index >= 15 is 0 Å². The first-order valence-electron chi connectivity index (χ1n) is 7.10. The van der Waals surface area contributed by atoms with Crippen molar-refractivity contribution in [2.75, 3.05) is 18.2 Å². The van der Waals surface area contributed by atoms with Gasteiger partial charge in [0.05, 0.1) is 15.1 Å². The molecule has 1 aromatic heterocycles. The number of thiazole rings is 1. The van der Waals surface area contributed by atoms with Gasteiger partial charge in [0.2, 0.25) is 0 Å². The number of carbonyl (C=O) groups is 1. The van der Waals surface area contributed by atoms with Crippen LogP contribution in [0.25, 0.3) is 10.2 Å². The van der Waals surface area contributed by atoms with E-state index in [1.807, 2.05) is 0 Å². The smallest absolute Gasteiger partial charge is 0.264 e. The predicted octanol–water partition coefficient (Wildman–Crippen LogP) is 2.86. The summed E-state index contributed by atoms with van der Waals surface area (Å²) in [5.74, 6) is -0.658. The number of rotatable bonds is 5. The number of amides is 1. The summed E-state index contributed by atoms with van der Waals surface area (Å²) >= 11 is 1.16. The summed E-state index contributed by atoms with van der Waals surface area (Å²) in [7, 11) is -3.31. The van der Waals surface area contributed by atoms with E-state index in [0.29, 0.717) is 15.3 Å². The highest BCUT2D eigenvalue weighted by Crippen LogP contribution is 2.28. The molecule has 0 saturated heterocycles. The van der Waals surface area contributed by atoms with E-state index in [9.17, 15) is 17.6 Å². The molecule has 6 nitrogen and oxygen atoms in total. The molecule has 9 heteroatoms. The van der Waals surface area contributed by atoms with Crippen molar-refractivity contribution in [3.05, 3.63) is 48.3 Å². The van der Waals surface area contributed by atoms with E-state index in [2.05, 4.69) is 10.3 Å². The first kappa shape index (κ1) is 17.3. The van der Waals surface area contributed by atoms with E-state index in [4.69, 9.17) is 4.74 Å². The average Bonchev–Trinajstić information content (AvgIpc) is 2.93. The third-order valence-corrected chi connectivity index (χ3v) is 5.24. The molecule has 0 spiro atoms. The summed E-state index contributed by atoms with van der Waals surface area (Å²) in [6, 6.07) is 10.0. The second-order valence-corrected chi connectivity index (χ2v) is 8.26. The highest BCUT2D eigenvalue weighted by Gasteiger charge is 2.12. The van der Waals surface area contributed by atoms with Gasteiger partial charge in [-0.1, -0.05) is 17.4 Å². The van der Waals surface area contributed by atoms with Crippen molar-refractivity contribution < 1.29 is 22.3 Å². The molecule has 1 N–H and O–H groups in total. The molecule has 0 fully saturated rings. The molecule has 3 rings (SSSR count). The van der Waals surface area contributed by atoms with Gasteiger partial charge in [-0.3, -0.25) is 10.1 Å². The Kier molecular flexibility index (Phi) is 4.69. The van der Waals surface area contributed by atoms with Crippen molar-refractivity contribution in [1.82, 2.24) is 4.98 Å². The minimum atomic E-state index is -3.31. The summed E-state index contributed by atoms with van der Waals surface area (Å²) in [4.78, 5) is 16.3. The zero-order valence-corrected chi connectivity index (χ0v) is 14.7. The summed E-state index contributed by atoms with van der Waals surface area (Å²) in [5, 5.41) is 2.90. The molecule has 25 heavy (non-hydrogen) atoms. The number of hydrogen-bond acceptors (Lipinski definition) is 6. The van der Waals surface area contributed by atoms with Gasteiger partial charge in [0.1, 0.15) is 11.6 Å². The van der Waals surface area contributed by atoms with Crippen molar-refractivity contribution in [1.29, 1.82) is 0 Å². The molecule has 0 radical (unpaired) electrons. The zero-order valence-electron chi connectivity index (χ0n) is 13.0. The van der Waals surface area contributed by atoms with Crippen LogP contribution in [0.4, 0.5) is 9.52 Å². The number of aromatic nitrogens is 1. The van der Waals surface area contributed by atoms with Crippen LogP contribution in [-0.2, 0) is 14.6 Å². The zero-order chi connectivity index (χ0) is 18.0. The molecule has 0 saturated carbocycles. The fourth-order valence-electron chi connectivity index (χ4n) is 2.05. The van der Waals surface area contributed by atoms with Gasteiger partial charge in [0, 0.05) is 12.3 Å². The van der Waals surface area contributed by atoms with Crippen molar-refractivity contribution in [3.63, 3.8) is 0 Å². The van der Waals surface area contributed by atoms with Crippen LogP contribution >= 0.6 is 11.3 Å². The lowest BCUT2D eigenvalue weighted by atomic mass is 10.3. The number of anilines is 1. The Bertz CT molecular complexity index is 1050. The first-order valence-corrected chi connectivity index (χ1v) is 9.81. The number of sulfone groups is 1. The number of nitrogens with zero attached hydrogens (tertiary/aromatic N) is 1. The predicted molar refractivity (Wildman–Crippen MR) is 93.3 cm³/mol. The average molecular weight is 380 g/mol. The number of halogens is 1. The Hall–Kier alpha value is -2.52. The molecule has 0 bridgehead atoms. The first-order chi connectivity index (χ1) is 11.8. The van der Waals surface area contributed by atoms with Gasteiger partial charge in [0.25, 0.3) is 5.91 Å². The van der Waals surface area contributed by atoms with Gasteiger partial charge in [-0.25, -0.2) is 17.8 Å². The number of benzene rings is 2. The van der Waals surface area contributed by atoms with Crippen molar-refractivity contribution in [3.8, 4) is 5.75 Å². The van der Waals surface area contributed by atoms with Crippen LogP contribution in [0.2, 0.25) is 0 Å². The second kappa shape index (κ2) is 6.77. The third kappa shape index (κ3) is 4.31. The molecule has 1 heterocycles. The van der Waals surface area contributed by atoms with Crippen molar-refractivity contribution >= 4 is 42.4 Å². The van der Waals surface area contributed by atoms with Crippen LogP contribution in [0, 0.1) is 5.82 Å². The number of fused-ring (bicyclic) bond motifs is 1. The van der Waals surface area contributed by atoms with Crippen molar-refractivity contribution in [2.45, 2.75) is 4.90 Å². The fourth-order valence-corrected chi connectivity index (χ4v) is 3.69. The minimum absolute atomic E-state index is 0.191. The number of nitrogens with one attached hydrogen (secondary N) is 1. The molecule has 0 atom stereocenters. The molecule has 0 aliphatic carbocycles. The molecule has 2 aromatic carbocycles. The number of hydrogen-bond donors (Lipinski definition) is 1. The van der Waals surface area contributed by atoms with Crippen LogP contribution in [0.5, 0.6) is 5.75 Å². The molecule has 1 amide bonds. The Labute approximate surface area is 147 Å². The highest BCUT2D eigenvalue weighted by atomic mass is 32.2. The van der Waals surface area contributed by atoms with Crippen LogP contribution in [0.15, 0.2) is 47.4 Å². The van der Waals surface area contributed by atoms with E-state index in [1.165, 1.54) is 30.3 Å². The second-order valence-electron chi connectivity index (χ2n) is 5.21. The van der Waals surface area contributed by atoms with Crippen molar-refractivity contribution in [2.24, 2.45) is 0 Å². The van der Waals surface area contributed by atoms with Crippen LogP contribution in [0.1, 0.15) is 0 Å². The molecule has 130 valence electrons. The lowest BCUT2D eigenvalue weighted by molar-refractivity contribution is -0.118. The molecule has 0 aliphatic heterocycles. The van der Waals surface area contributed by atoms with E-state index in [-0.39, 0.29) is 17.3 Å². The molecular weight excluding hydrogens is 367 g/mol. The largest absolute Gasteiger partial charge is 0.484 e. The van der Waals surface area contributed by atoms with Crippen LogP contribution in [0.3, 0.4) is 0 Å². The Balaban J connectivity index is 1.69. The van der Waals surface area contributed by atoms with E-state index in [1.54, 1.807) is 12.1 Å². The molecule has 3 aromatic rings. The quantitative estimate of drug-likeness (QED) is 0.736. The Morgan fingerprint density at radius 3 is 2.80 bits per heavy atom. The van der Waals surface area contributed by atoms with Gasteiger partial charge >= 0.3 is 0 Å². The summed E-state index contributed by atoms with van der Waals surface area (Å²) in [6.45, 7) is -0.298. The van der Waals surface area contributed by atoms with Gasteiger partial charge < -0.3 is 4.74 Å². The SMILES string of the molecule is CS(=O)(=O)c1ccc2nc(NC(=O)COc3cccc(F)c3)sc2c1. The van der Waals surface area contributed by atoms with Gasteiger partial charge in [-0.15, -0.1) is 0 Å². The van der Waals surface area contributed by atoms with E-state index < -0.39 is 21.6 Å². The monoisotopic (exact) mass is 380 g/mol. The maximum absolute atomic E-state index is 13.0. The normalized spacial score (nSPS) is 11.4. The van der Waals surface area contributed by atoms with E-state index in [0.717, 1.165) is 17.6 Å².